The summed E-state index contributed by atoms with van der Waals surface area (Å²) in [6, 6.07) is 6.03. The van der Waals surface area contributed by atoms with Gasteiger partial charge in [-0.15, -0.1) is 6.42 Å². The number of nitrogens with one attached hydrogen (secondary N) is 1. The maximum Gasteiger partial charge on any atom is 0.409 e. The fourth-order valence-corrected chi connectivity index (χ4v) is 8.33. The summed E-state index contributed by atoms with van der Waals surface area (Å²) in [5.74, 6) is 8.39. The monoisotopic (exact) mass is 677 g/mol. The van der Waals surface area contributed by atoms with E-state index in [1.54, 1.807) is 20.3 Å². The third-order valence-corrected chi connectivity index (χ3v) is 10.8. The van der Waals surface area contributed by atoms with Gasteiger partial charge in [0.15, 0.2) is 5.82 Å². The molecule has 2 bridgehead atoms. The number of halogens is 2. The van der Waals surface area contributed by atoms with Crippen LogP contribution in [0.1, 0.15) is 49.9 Å². The van der Waals surface area contributed by atoms with Gasteiger partial charge in [-0.05, 0) is 68.0 Å². The van der Waals surface area contributed by atoms with Crippen LogP contribution in [0.2, 0.25) is 0 Å². The van der Waals surface area contributed by atoms with E-state index in [9.17, 15) is 14.3 Å². The van der Waals surface area contributed by atoms with E-state index in [-0.39, 0.29) is 63.5 Å². The van der Waals surface area contributed by atoms with Crippen molar-refractivity contribution in [3.05, 3.63) is 53.5 Å². The minimum absolute atomic E-state index is 0.0366. The largest absolute Gasteiger partial charge is 0.508 e. The van der Waals surface area contributed by atoms with Crippen LogP contribution in [0.25, 0.3) is 32.9 Å². The van der Waals surface area contributed by atoms with Crippen molar-refractivity contribution in [2.75, 3.05) is 45.2 Å². The van der Waals surface area contributed by atoms with E-state index in [0.29, 0.717) is 29.7 Å². The van der Waals surface area contributed by atoms with E-state index in [4.69, 9.17) is 21.1 Å². The number of carbonyl (C=O) groups is 1. The molecule has 1 amide bonds. The molecule has 50 heavy (non-hydrogen) atoms. The normalized spacial score (nSPS) is 24.2. The van der Waals surface area contributed by atoms with Crippen molar-refractivity contribution in [2.45, 2.75) is 62.2 Å². The third-order valence-electron chi connectivity index (χ3n) is 10.8. The Morgan fingerprint density at radius 1 is 1.20 bits per heavy atom. The van der Waals surface area contributed by atoms with Crippen LogP contribution in [-0.2, 0) is 4.74 Å². The summed E-state index contributed by atoms with van der Waals surface area (Å²) in [6.45, 7) is 2.63. The van der Waals surface area contributed by atoms with Crippen LogP contribution in [0.5, 0.6) is 5.75 Å². The first-order valence-electron chi connectivity index (χ1n) is 17.1. The Morgan fingerprint density at radius 2 is 2.06 bits per heavy atom. The first-order valence-corrected chi connectivity index (χ1v) is 17.1. The first-order chi connectivity index (χ1) is 24.2. The number of piperazine rings is 1. The van der Waals surface area contributed by atoms with Gasteiger partial charge in [0.2, 0.25) is 5.82 Å². The van der Waals surface area contributed by atoms with Crippen molar-refractivity contribution in [2.24, 2.45) is 0 Å². The highest BCUT2D eigenvalue weighted by atomic mass is 19.1. The quantitative estimate of drug-likeness (QED) is 0.295. The van der Waals surface area contributed by atoms with Crippen molar-refractivity contribution in [3.8, 4) is 41.2 Å². The van der Waals surface area contributed by atoms with Gasteiger partial charge < -0.3 is 25.0 Å². The summed E-state index contributed by atoms with van der Waals surface area (Å²) >= 11 is 0. The molecule has 9 rings (SSSR count). The van der Waals surface area contributed by atoms with Gasteiger partial charge in [0.1, 0.15) is 35.2 Å². The summed E-state index contributed by atoms with van der Waals surface area (Å²) < 4.78 is 37.4. The number of fused-ring (bicyclic) bond motifs is 6. The molecule has 256 valence electrons. The Bertz CT molecular complexity index is 2150. The minimum Gasteiger partial charge on any atom is -0.508 e. The number of phenols is 1. The molecule has 12 heteroatoms. The molecular weight excluding hydrogens is 640 g/mol. The molecule has 0 spiro atoms. The van der Waals surface area contributed by atoms with Gasteiger partial charge in [-0.1, -0.05) is 17.9 Å². The molecule has 0 unspecified atom stereocenters. The Kier molecular flexibility index (Phi) is 7.97. The number of terminal acetylenes is 1. The second-order valence-corrected chi connectivity index (χ2v) is 13.9. The Hall–Kier alpha value is -5.04. The molecule has 0 aliphatic carbocycles. The Balaban J connectivity index is 1.25. The van der Waals surface area contributed by atoms with Gasteiger partial charge in [0.05, 0.1) is 16.5 Å². The number of anilines is 1. The van der Waals surface area contributed by atoms with Crippen molar-refractivity contribution in [1.82, 2.24) is 30.1 Å². The average Bonchev–Trinajstić information content (AvgIpc) is 3.69. The molecule has 5 fully saturated rings. The fraction of sp³-hybridized carbons (Fsp3) is 0.421. The van der Waals surface area contributed by atoms with E-state index in [0.717, 1.165) is 51.6 Å². The predicted octanol–water partition coefficient (Wildman–Crippen LogP) is 4.80. The van der Waals surface area contributed by atoms with E-state index < -0.39 is 17.2 Å². The van der Waals surface area contributed by atoms with Crippen LogP contribution in [0.3, 0.4) is 0 Å². The van der Waals surface area contributed by atoms with Gasteiger partial charge >= 0.3 is 6.09 Å². The van der Waals surface area contributed by atoms with Crippen LogP contribution in [0, 0.1) is 35.8 Å². The standard InChI is InChI=1S/C38H37F2N7O3/c1-4-27-30(39)9-6-22-16-26(48)17-28(32(22)27)34-33(40)35-29(19-42-34)36(46-20-23-7-8-24(46)18-41-23)44-31(43-35)11-14-38-12-5-15-47(38)25(10-13-38)21-50-37(49)45(2)3/h1,6,9,16-17,19,23-25,41,48H,5,7-8,10,12-13,15,18,20-21H2,2-3H3/t23-,24-,25-,38-/m1/s1. The molecule has 0 saturated carbocycles. The zero-order chi connectivity index (χ0) is 34.7. The van der Waals surface area contributed by atoms with Gasteiger partial charge in [0, 0.05) is 69.0 Å². The number of hydrogen-bond donors (Lipinski definition) is 2. The van der Waals surface area contributed by atoms with Gasteiger partial charge in [-0.2, -0.15) is 0 Å². The number of benzene rings is 2. The number of aromatic hydroxyl groups is 1. The van der Waals surface area contributed by atoms with Crippen molar-refractivity contribution >= 4 is 33.6 Å². The number of rotatable bonds is 4. The summed E-state index contributed by atoms with van der Waals surface area (Å²) in [4.78, 5) is 32.3. The topological polar surface area (TPSA) is 107 Å². The number of hydrogen-bond acceptors (Lipinski definition) is 9. The number of ether oxygens (including phenoxy) is 1. The molecule has 2 aromatic heterocycles. The average molecular weight is 678 g/mol. The molecule has 10 nitrogen and oxygen atoms in total. The van der Waals surface area contributed by atoms with E-state index in [1.807, 2.05) is 0 Å². The van der Waals surface area contributed by atoms with E-state index in [2.05, 4.69) is 37.9 Å². The molecule has 2 N–H and O–H groups in total. The summed E-state index contributed by atoms with van der Waals surface area (Å²) in [5.41, 5.74) is -0.377. The lowest BCUT2D eigenvalue weighted by Crippen LogP contribution is -2.61. The van der Waals surface area contributed by atoms with Crippen molar-refractivity contribution in [1.29, 1.82) is 0 Å². The van der Waals surface area contributed by atoms with E-state index in [1.165, 1.54) is 29.2 Å². The Labute approximate surface area is 288 Å². The number of piperidine rings is 2. The summed E-state index contributed by atoms with van der Waals surface area (Å²) in [7, 11) is 3.32. The zero-order valence-corrected chi connectivity index (χ0v) is 28.0. The van der Waals surface area contributed by atoms with Crippen LogP contribution in [0.15, 0.2) is 30.5 Å². The first kappa shape index (κ1) is 32.2. The lowest BCUT2D eigenvalue weighted by atomic mass is 9.92. The zero-order valence-electron chi connectivity index (χ0n) is 28.0. The molecule has 5 saturated heterocycles. The van der Waals surface area contributed by atoms with Crippen LogP contribution >= 0.6 is 0 Å². The van der Waals surface area contributed by atoms with Gasteiger partial charge in [0.25, 0.3) is 0 Å². The fourth-order valence-electron chi connectivity index (χ4n) is 8.33. The molecule has 4 aromatic rings. The van der Waals surface area contributed by atoms with Crippen molar-refractivity contribution in [3.63, 3.8) is 0 Å². The minimum atomic E-state index is -0.738. The number of phenolic OH excluding ortho intramolecular Hbond substituents is 1. The predicted molar refractivity (Wildman–Crippen MR) is 186 cm³/mol. The maximum absolute atomic E-state index is 17.0. The number of aromatic nitrogens is 3. The highest BCUT2D eigenvalue weighted by molar-refractivity contribution is 6.03. The molecule has 7 heterocycles. The third kappa shape index (κ3) is 5.34. The van der Waals surface area contributed by atoms with Crippen LogP contribution in [0.4, 0.5) is 19.4 Å². The van der Waals surface area contributed by atoms with E-state index >= 15 is 4.39 Å². The smallest absolute Gasteiger partial charge is 0.409 e. The number of nitrogens with zero attached hydrogens (tertiary/aromatic N) is 6. The molecule has 4 atom stereocenters. The second-order valence-electron chi connectivity index (χ2n) is 13.9. The lowest BCUT2D eigenvalue weighted by molar-refractivity contribution is 0.0794. The lowest BCUT2D eigenvalue weighted by Gasteiger charge is -2.46. The molecule has 5 aliphatic rings. The van der Waals surface area contributed by atoms with Crippen LogP contribution < -0.4 is 10.2 Å². The van der Waals surface area contributed by atoms with Crippen LogP contribution in [-0.4, -0.2) is 100.0 Å². The second kappa shape index (κ2) is 12.4. The maximum atomic E-state index is 17.0. The Morgan fingerprint density at radius 3 is 2.80 bits per heavy atom. The molecule has 0 radical (unpaired) electrons. The summed E-state index contributed by atoms with van der Waals surface area (Å²) in [5, 5.41) is 15.3. The molecule has 2 aromatic carbocycles. The summed E-state index contributed by atoms with van der Waals surface area (Å²) in [6.07, 6.45) is 12.4. The highest BCUT2D eigenvalue weighted by Crippen LogP contribution is 2.43. The number of amides is 1. The highest BCUT2D eigenvalue weighted by Gasteiger charge is 2.48. The number of pyridine rings is 1. The SMILES string of the molecule is C#Cc1c(F)ccc2cc(O)cc(-c3ncc4c(N5C[C@H]6CC[C@@H]5CN6)nc(C#C[C@]56CCCN5[C@@H](COC(=O)N(C)C)CC6)nc4c3F)c12. The van der Waals surface area contributed by atoms with Gasteiger partial charge in [-0.25, -0.2) is 23.5 Å². The van der Waals surface area contributed by atoms with Gasteiger partial charge in [-0.3, -0.25) is 9.88 Å². The molecular formula is C38H37F2N7O3. The molecule has 5 aliphatic heterocycles. The number of carbonyl (C=O) groups excluding carboxylic acids is 1. The van der Waals surface area contributed by atoms with Crippen molar-refractivity contribution < 1.29 is 23.4 Å².